The van der Waals surface area contributed by atoms with Gasteiger partial charge >= 0.3 is 6.18 Å². The Morgan fingerprint density at radius 2 is 1.71 bits per heavy atom. The molecule has 0 aliphatic carbocycles. The quantitative estimate of drug-likeness (QED) is 0.858. The van der Waals surface area contributed by atoms with Crippen molar-refractivity contribution in [1.82, 2.24) is 5.32 Å². The average Bonchev–Trinajstić information content (AvgIpc) is 2.45. The van der Waals surface area contributed by atoms with Crippen molar-refractivity contribution in [3.05, 3.63) is 71.0 Å². The maximum Gasteiger partial charge on any atom is 0.419 e. The summed E-state index contributed by atoms with van der Waals surface area (Å²) in [6.45, 7) is -0.114. The Kier molecular flexibility index (Phi) is 4.26. The van der Waals surface area contributed by atoms with E-state index in [1.54, 1.807) is 30.3 Å². The first-order valence-corrected chi connectivity index (χ1v) is 6.07. The van der Waals surface area contributed by atoms with Crippen molar-refractivity contribution in [1.29, 1.82) is 0 Å². The number of benzene rings is 2. The van der Waals surface area contributed by atoms with Gasteiger partial charge in [0.1, 0.15) is 5.82 Å². The van der Waals surface area contributed by atoms with Gasteiger partial charge in [-0.05, 0) is 29.8 Å². The molecule has 2 aromatic rings. The third kappa shape index (κ3) is 3.81. The van der Waals surface area contributed by atoms with Gasteiger partial charge in [0.2, 0.25) is 0 Å². The van der Waals surface area contributed by atoms with E-state index in [9.17, 15) is 22.4 Å². The van der Waals surface area contributed by atoms with Crippen LogP contribution in [0.1, 0.15) is 21.5 Å². The van der Waals surface area contributed by atoms with E-state index in [0.29, 0.717) is 11.6 Å². The summed E-state index contributed by atoms with van der Waals surface area (Å²) in [5, 5.41) is 2.48. The van der Waals surface area contributed by atoms with E-state index >= 15 is 0 Å². The van der Waals surface area contributed by atoms with Crippen LogP contribution >= 0.6 is 0 Å². The molecule has 2 rings (SSSR count). The lowest BCUT2D eigenvalue weighted by Gasteiger charge is -2.11. The van der Waals surface area contributed by atoms with Gasteiger partial charge in [0, 0.05) is 12.1 Å². The van der Waals surface area contributed by atoms with Crippen LogP contribution in [0.25, 0.3) is 0 Å². The first kappa shape index (κ1) is 15.0. The minimum Gasteiger partial charge on any atom is -0.348 e. The van der Waals surface area contributed by atoms with Crippen molar-refractivity contribution in [2.45, 2.75) is 12.7 Å². The van der Waals surface area contributed by atoms with E-state index in [0.717, 1.165) is 6.07 Å². The maximum atomic E-state index is 13.1. The second-order valence-corrected chi connectivity index (χ2v) is 4.36. The molecule has 0 aliphatic rings. The molecule has 6 heteroatoms. The fourth-order valence-electron chi connectivity index (χ4n) is 1.77. The summed E-state index contributed by atoms with van der Waals surface area (Å²) in [5.74, 6) is -1.74. The van der Waals surface area contributed by atoms with Crippen LogP contribution < -0.4 is 5.32 Å². The van der Waals surface area contributed by atoms with E-state index in [2.05, 4.69) is 5.32 Å². The van der Waals surface area contributed by atoms with E-state index in [1.165, 1.54) is 6.07 Å². The Balaban J connectivity index is 2.09. The van der Waals surface area contributed by atoms with Crippen LogP contribution in [0, 0.1) is 5.82 Å². The van der Waals surface area contributed by atoms with Crippen LogP contribution in [0.4, 0.5) is 17.6 Å². The number of alkyl halides is 3. The van der Waals surface area contributed by atoms with Crippen molar-refractivity contribution in [2.24, 2.45) is 0 Å². The van der Waals surface area contributed by atoms with Gasteiger partial charge in [-0.25, -0.2) is 4.39 Å². The normalized spacial score (nSPS) is 11.2. The molecule has 0 bridgehead atoms. The van der Waals surface area contributed by atoms with Gasteiger partial charge in [0.25, 0.3) is 5.91 Å². The topological polar surface area (TPSA) is 29.1 Å². The van der Waals surface area contributed by atoms with Crippen molar-refractivity contribution in [2.75, 3.05) is 0 Å². The molecule has 0 spiro atoms. The first-order chi connectivity index (χ1) is 9.88. The molecule has 2 nitrogen and oxygen atoms in total. The zero-order chi connectivity index (χ0) is 15.5. The van der Waals surface area contributed by atoms with E-state index in [-0.39, 0.29) is 12.1 Å². The van der Waals surface area contributed by atoms with Crippen molar-refractivity contribution in [3.8, 4) is 0 Å². The molecule has 0 radical (unpaired) electrons. The molecule has 2 aromatic carbocycles. The van der Waals surface area contributed by atoms with Crippen LogP contribution in [0.2, 0.25) is 0 Å². The standard InChI is InChI=1S/C15H11F4NO/c16-13-7-6-10(8-12(13)15(17,18)19)9-20-14(21)11-4-2-1-3-5-11/h1-8H,9H2,(H,20,21). The molecule has 0 fully saturated rings. The molecule has 0 unspecified atom stereocenters. The van der Waals surface area contributed by atoms with Crippen molar-refractivity contribution in [3.63, 3.8) is 0 Å². The third-order valence-corrected chi connectivity index (χ3v) is 2.83. The monoisotopic (exact) mass is 297 g/mol. The molecule has 0 atom stereocenters. The van der Waals surface area contributed by atoms with Crippen LogP contribution in [-0.2, 0) is 12.7 Å². The highest BCUT2D eigenvalue weighted by Gasteiger charge is 2.34. The lowest BCUT2D eigenvalue weighted by atomic mass is 10.1. The molecular formula is C15H11F4NO. The molecule has 21 heavy (non-hydrogen) atoms. The third-order valence-electron chi connectivity index (χ3n) is 2.83. The smallest absolute Gasteiger partial charge is 0.348 e. The minimum atomic E-state index is -4.76. The fraction of sp³-hybridized carbons (Fsp3) is 0.133. The van der Waals surface area contributed by atoms with Gasteiger partial charge in [0.05, 0.1) is 5.56 Å². The molecule has 1 N–H and O–H groups in total. The van der Waals surface area contributed by atoms with Crippen molar-refractivity contribution >= 4 is 5.91 Å². The predicted octanol–water partition coefficient (Wildman–Crippen LogP) is 3.77. The van der Waals surface area contributed by atoms with Gasteiger partial charge in [-0.1, -0.05) is 24.3 Å². The van der Waals surface area contributed by atoms with E-state index < -0.39 is 23.5 Å². The van der Waals surface area contributed by atoms with Crippen LogP contribution in [0.15, 0.2) is 48.5 Å². The fourth-order valence-corrected chi connectivity index (χ4v) is 1.77. The Bertz CT molecular complexity index is 638. The summed E-state index contributed by atoms with van der Waals surface area (Å²) < 4.78 is 50.8. The number of hydrogen-bond donors (Lipinski definition) is 1. The first-order valence-electron chi connectivity index (χ1n) is 6.07. The number of halogens is 4. The molecule has 0 aliphatic heterocycles. The highest BCUT2D eigenvalue weighted by Crippen LogP contribution is 2.31. The summed E-state index contributed by atoms with van der Waals surface area (Å²) in [6.07, 6.45) is -4.76. The molecule has 0 saturated heterocycles. The lowest BCUT2D eigenvalue weighted by molar-refractivity contribution is -0.140. The molecule has 1 amide bonds. The second-order valence-electron chi connectivity index (χ2n) is 4.36. The van der Waals surface area contributed by atoms with Crippen LogP contribution in [0.5, 0.6) is 0 Å². The summed E-state index contributed by atoms with van der Waals surface area (Å²) in [6, 6.07) is 10.9. The highest BCUT2D eigenvalue weighted by molar-refractivity contribution is 5.94. The van der Waals surface area contributed by atoms with Gasteiger partial charge < -0.3 is 5.32 Å². The Morgan fingerprint density at radius 1 is 1.05 bits per heavy atom. The number of carbonyl (C=O) groups excluding carboxylic acids is 1. The summed E-state index contributed by atoms with van der Waals surface area (Å²) >= 11 is 0. The predicted molar refractivity (Wildman–Crippen MR) is 69.0 cm³/mol. The second kappa shape index (κ2) is 5.95. The van der Waals surface area contributed by atoms with Gasteiger partial charge in [-0.15, -0.1) is 0 Å². The Hall–Kier alpha value is -2.37. The molecule has 0 aromatic heterocycles. The number of nitrogens with one attached hydrogen (secondary N) is 1. The number of amides is 1. The number of hydrogen-bond acceptors (Lipinski definition) is 1. The van der Waals surface area contributed by atoms with Gasteiger partial charge in [0.15, 0.2) is 0 Å². The van der Waals surface area contributed by atoms with Gasteiger partial charge in [-0.3, -0.25) is 4.79 Å². The Morgan fingerprint density at radius 3 is 2.33 bits per heavy atom. The largest absolute Gasteiger partial charge is 0.419 e. The number of rotatable bonds is 3. The van der Waals surface area contributed by atoms with Crippen LogP contribution in [-0.4, -0.2) is 5.91 Å². The maximum absolute atomic E-state index is 13.1. The van der Waals surface area contributed by atoms with Gasteiger partial charge in [-0.2, -0.15) is 13.2 Å². The zero-order valence-corrected chi connectivity index (χ0v) is 10.7. The minimum absolute atomic E-state index is 0.114. The molecule has 0 heterocycles. The Labute approximate surface area is 118 Å². The SMILES string of the molecule is O=C(NCc1ccc(F)c(C(F)(F)F)c1)c1ccccc1. The molecule has 110 valence electrons. The number of carbonyl (C=O) groups is 1. The lowest BCUT2D eigenvalue weighted by Crippen LogP contribution is -2.23. The summed E-state index contributed by atoms with van der Waals surface area (Å²) in [4.78, 5) is 11.8. The summed E-state index contributed by atoms with van der Waals surface area (Å²) in [7, 11) is 0. The van der Waals surface area contributed by atoms with Crippen LogP contribution in [0.3, 0.4) is 0 Å². The highest BCUT2D eigenvalue weighted by atomic mass is 19.4. The molecule has 0 saturated carbocycles. The van der Waals surface area contributed by atoms with E-state index in [1.807, 2.05) is 0 Å². The summed E-state index contributed by atoms with van der Waals surface area (Å²) in [5.41, 5.74) is -0.766. The van der Waals surface area contributed by atoms with Crippen molar-refractivity contribution < 1.29 is 22.4 Å². The molecular weight excluding hydrogens is 286 g/mol. The average molecular weight is 297 g/mol. The van der Waals surface area contributed by atoms with E-state index in [4.69, 9.17) is 0 Å². The zero-order valence-electron chi connectivity index (χ0n) is 10.7.